The lowest BCUT2D eigenvalue weighted by molar-refractivity contribution is 0.0494. The lowest BCUT2D eigenvalue weighted by atomic mass is 9.78. The second-order valence-electron chi connectivity index (χ2n) is 6.23. The van der Waals surface area contributed by atoms with E-state index >= 15 is 0 Å². The van der Waals surface area contributed by atoms with Crippen LogP contribution in [-0.2, 0) is 0 Å². The molecule has 2 aliphatic heterocycles. The van der Waals surface area contributed by atoms with Crippen molar-refractivity contribution in [3.05, 3.63) is 66.3 Å². The fourth-order valence-corrected chi connectivity index (χ4v) is 3.51. The van der Waals surface area contributed by atoms with Gasteiger partial charge in [-0.2, -0.15) is 0 Å². The Labute approximate surface area is 128 Å². The van der Waals surface area contributed by atoms with Crippen molar-refractivity contribution in [2.45, 2.75) is 31.8 Å². The fraction of sp³-hybridized carbons (Fsp3) is 0.300. The van der Waals surface area contributed by atoms with Gasteiger partial charge in [-0.25, -0.2) is 0 Å². The molecule has 0 saturated carbocycles. The van der Waals surface area contributed by atoms with Gasteiger partial charge in [0.05, 0.1) is 0 Å². The molecule has 0 aromatic heterocycles. The molecule has 1 aromatic carbocycles. The molecule has 2 unspecified atom stereocenters. The number of fused-ring (bicyclic) bond motifs is 1. The van der Waals surface area contributed by atoms with Gasteiger partial charge in [0, 0.05) is 18.6 Å². The van der Waals surface area contributed by atoms with Gasteiger partial charge in [-0.1, -0.05) is 55.7 Å². The molecule has 2 bridgehead atoms. The van der Waals surface area contributed by atoms with Crippen molar-refractivity contribution >= 4 is 17.7 Å². The summed E-state index contributed by atoms with van der Waals surface area (Å²) in [6.07, 6.45) is 8.70. The topological polar surface area (TPSA) is 3.24 Å². The Balaban J connectivity index is 1.85. The summed E-state index contributed by atoms with van der Waals surface area (Å²) >= 11 is 0. The summed E-state index contributed by atoms with van der Waals surface area (Å²) in [5.41, 5.74) is 6.39. The molecule has 0 N–H and O–H groups in total. The van der Waals surface area contributed by atoms with Crippen LogP contribution in [0.4, 0.5) is 0 Å². The van der Waals surface area contributed by atoms with Gasteiger partial charge in [0.2, 0.25) is 0 Å². The molecule has 1 saturated heterocycles. The van der Waals surface area contributed by atoms with E-state index in [1.807, 2.05) is 12.2 Å². The molecule has 1 nitrogen and oxygen atoms in total. The van der Waals surface area contributed by atoms with Gasteiger partial charge in [0.1, 0.15) is 0 Å². The summed E-state index contributed by atoms with van der Waals surface area (Å²) < 4.78 is 0. The molecule has 1 aliphatic carbocycles. The molecule has 21 heavy (non-hydrogen) atoms. The number of hydrogen-bond donors (Lipinski definition) is 0. The Morgan fingerprint density at radius 1 is 1.29 bits per heavy atom. The quantitative estimate of drug-likeness (QED) is 0.700. The molecule has 1 fully saturated rings. The monoisotopic (exact) mass is 277 g/mol. The first-order valence-electron chi connectivity index (χ1n) is 7.62. The van der Waals surface area contributed by atoms with Gasteiger partial charge in [-0.05, 0) is 48.1 Å². The predicted molar refractivity (Wildman–Crippen MR) is 92.9 cm³/mol. The van der Waals surface area contributed by atoms with Crippen LogP contribution in [0.5, 0.6) is 0 Å². The molecule has 2 heterocycles. The Morgan fingerprint density at radius 3 is 2.62 bits per heavy atom. The Kier molecular flexibility index (Phi) is 3.69. The van der Waals surface area contributed by atoms with Crippen LogP contribution >= 0.6 is 0 Å². The van der Waals surface area contributed by atoms with Crippen LogP contribution in [0.25, 0.3) is 17.7 Å². The Bertz CT molecular complexity index is 635. The van der Waals surface area contributed by atoms with E-state index in [-0.39, 0.29) is 0 Å². The highest BCUT2D eigenvalue weighted by molar-refractivity contribution is 5.74. The fourth-order valence-electron chi connectivity index (χ4n) is 3.51. The van der Waals surface area contributed by atoms with Crippen molar-refractivity contribution in [3.8, 4) is 0 Å². The summed E-state index contributed by atoms with van der Waals surface area (Å²) in [7, 11) is 0. The molecule has 4 rings (SSSR count). The van der Waals surface area contributed by atoms with Crippen molar-refractivity contribution in [2.24, 2.45) is 0 Å². The maximum absolute atomic E-state index is 4.04. The zero-order valence-corrected chi connectivity index (χ0v) is 12.8. The Hall–Kier alpha value is -1.86. The Morgan fingerprint density at radius 2 is 2.05 bits per heavy atom. The van der Waals surface area contributed by atoms with Crippen molar-refractivity contribution in [2.75, 3.05) is 6.54 Å². The maximum Gasteiger partial charge on any atom is 0.0305 e. The second kappa shape index (κ2) is 5.50. The maximum atomic E-state index is 4.04. The molecule has 0 spiro atoms. The third-order valence-corrected chi connectivity index (χ3v) is 4.61. The summed E-state index contributed by atoms with van der Waals surface area (Å²) in [5.74, 6) is 0. The molecule has 2 atom stereocenters. The summed E-state index contributed by atoms with van der Waals surface area (Å²) in [4.78, 5) is 2.57. The highest BCUT2D eigenvalue weighted by Crippen LogP contribution is 2.41. The van der Waals surface area contributed by atoms with Crippen LogP contribution in [-0.4, -0.2) is 23.5 Å². The summed E-state index contributed by atoms with van der Waals surface area (Å²) in [6, 6.07) is 7.89. The van der Waals surface area contributed by atoms with E-state index in [0.717, 1.165) is 18.5 Å². The summed E-state index contributed by atoms with van der Waals surface area (Å²) in [6.45, 7) is 15.0. The average molecular weight is 277 g/mol. The number of nitrogens with zero attached hydrogens (tertiary/aromatic N) is 1. The lowest BCUT2D eigenvalue weighted by Crippen LogP contribution is -2.57. The van der Waals surface area contributed by atoms with E-state index in [9.17, 15) is 0 Å². The largest absolute Gasteiger partial charge is 0.290 e. The van der Waals surface area contributed by atoms with E-state index in [4.69, 9.17) is 0 Å². The predicted octanol–water partition coefficient (Wildman–Crippen LogP) is 4.78. The molecule has 1 aromatic rings. The molecular formula is C20H23N. The molecule has 0 amide bonds. The van der Waals surface area contributed by atoms with E-state index < -0.39 is 0 Å². The second-order valence-corrected chi connectivity index (χ2v) is 6.23. The smallest absolute Gasteiger partial charge is 0.0305 e. The van der Waals surface area contributed by atoms with Crippen molar-refractivity contribution < 1.29 is 0 Å². The van der Waals surface area contributed by atoms with Crippen LogP contribution < -0.4 is 0 Å². The van der Waals surface area contributed by atoms with E-state index in [2.05, 4.69) is 55.8 Å². The van der Waals surface area contributed by atoms with Gasteiger partial charge in [-0.15, -0.1) is 0 Å². The third-order valence-electron chi connectivity index (χ3n) is 4.61. The first-order valence-corrected chi connectivity index (χ1v) is 7.62. The average Bonchev–Trinajstić information content (AvgIpc) is 2.51. The highest BCUT2D eigenvalue weighted by Gasteiger charge is 2.40. The lowest BCUT2D eigenvalue weighted by Gasteiger charge is -2.52. The molecule has 3 aliphatic rings. The van der Waals surface area contributed by atoms with Crippen LogP contribution in [0, 0.1) is 0 Å². The van der Waals surface area contributed by atoms with Gasteiger partial charge in [0.25, 0.3) is 0 Å². The van der Waals surface area contributed by atoms with Crippen LogP contribution in [0.2, 0.25) is 0 Å². The number of hydrogen-bond acceptors (Lipinski definition) is 1. The third kappa shape index (κ3) is 2.54. The van der Waals surface area contributed by atoms with Crippen LogP contribution in [0.1, 0.15) is 36.5 Å². The van der Waals surface area contributed by atoms with Crippen molar-refractivity contribution in [1.82, 2.24) is 4.90 Å². The minimum Gasteiger partial charge on any atom is -0.290 e. The first kappa shape index (κ1) is 14.1. The van der Waals surface area contributed by atoms with E-state index in [0.29, 0.717) is 12.1 Å². The minimum absolute atomic E-state index is 0.599. The van der Waals surface area contributed by atoms with Gasteiger partial charge in [0.15, 0.2) is 0 Å². The standard InChI is InChI=1S/C20H23N/c1-5-15-7-8-17(9-16(15)6-2)18-10-19-12-20(11-18)21(19)13-14(3)4/h5-10,19-20H,1-3,11-13H2,4H3. The van der Waals surface area contributed by atoms with E-state index in [1.54, 1.807) is 0 Å². The van der Waals surface area contributed by atoms with Gasteiger partial charge < -0.3 is 0 Å². The zero-order chi connectivity index (χ0) is 15.0. The normalized spacial score (nSPS) is 24.0. The van der Waals surface area contributed by atoms with Crippen molar-refractivity contribution in [1.29, 1.82) is 0 Å². The van der Waals surface area contributed by atoms with Gasteiger partial charge in [-0.3, -0.25) is 4.90 Å². The van der Waals surface area contributed by atoms with E-state index in [1.165, 1.54) is 28.7 Å². The summed E-state index contributed by atoms with van der Waals surface area (Å²) in [5, 5.41) is 0. The number of benzene rings is 1. The molecular weight excluding hydrogens is 254 g/mol. The van der Waals surface area contributed by atoms with Gasteiger partial charge >= 0.3 is 0 Å². The van der Waals surface area contributed by atoms with Crippen LogP contribution in [0.15, 0.2) is 49.6 Å². The minimum atomic E-state index is 0.599. The molecule has 0 radical (unpaired) electrons. The first-order chi connectivity index (χ1) is 10.1. The molecule has 1 heteroatoms. The SMILES string of the molecule is C=Cc1ccc(C2=CC3CC(C2)N3CC(=C)C)cc1C=C. The highest BCUT2D eigenvalue weighted by atomic mass is 15.2. The number of rotatable bonds is 5. The zero-order valence-electron chi connectivity index (χ0n) is 12.8. The van der Waals surface area contributed by atoms with Crippen LogP contribution in [0.3, 0.4) is 0 Å². The molecule has 108 valence electrons. The van der Waals surface area contributed by atoms with Crippen molar-refractivity contribution in [3.63, 3.8) is 0 Å².